The second kappa shape index (κ2) is 5.99. The molecule has 0 saturated carbocycles. The first-order valence-electron chi connectivity index (χ1n) is 5.64. The minimum absolute atomic E-state index is 0.246. The van der Waals surface area contributed by atoms with Crippen molar-refractivity contribution in [3.05, 3.63) is 12.2 Å². The number of nitrogens with one attached hydrogen (secondary N) is 1. The molecule has 2 unspecified atom stereocenters. The zero-order valence-corrected chi connectivity index (χ0v) is 10.3. The Balaban J connectivity index is 2.63. The summed E-state index contributed by atoms with van der Waals surface area (Å²) in [5.74, 6) is -0.160. The third-order valence-corrected chi connectivity index (χ3v) is 2.54. The van der Waals surface area contributed by atoms with Gasteiger partial charge < -0.3 is 9.88 Å². The number of rotatable bonds is 5. The molecule has 1 N–H and O–H groups in total. The van der Waals surface area contributed by atoms with Crippen LogP contribution in [0, 0.1) is 17.2 Å². The van der Waals surface area contributed by atoms with E-state index in [1.54, 1.807) is 10.9 Å². The highest BCUT2D eigenvalue weighted by Crippen LogP contribution is 2.11. The molecular weight excluding hydrogens is 218 g/mol. The lowest BCUT2D eigenvalue weighted by molar-refractivity contribution is -0.124. The predicted molar refractivity (Wildman–Crippen MR) is 61.6 cm³/mol. The number of hydrogen-bond donors (Lipinski definition) is 1. The standard InChI is InChI=1S/C11H17N5O/c1-4-5-9(6-12)11(17)14-8(2)10-15-13-7-16(10)3/h7-9H,4-5H2,1-3H3,(H,14,17). The van der Waals surface area contributed by atoms with E-state index in [1.807, 2.05) is 27.0 Å². The molecule has 6 nitrogen and oxygen atoms in total. The number of aryl methyl sites for hydroxylation is 1. The minimum atomic E-state index is -0.587. The van der Waals surface area contributed by atoms with Crippen molar-refractivity contribution in [2.24, 2.45) is 13.0 Å². The van der Waals surface area contributed by atoms with Crippen LogP contribution < -0.4 is 5.32 Å². The summed E-state index contributed by atoms with van der Waals surface area (Å²) in [6, 6.07) is 1.77. The van der Waals surface area contributed by atoms with Crippen molar-refractivity contribution in [1.29, 1.82) is 5.26 Å². The molecular formula is C11H17N5O. The second-order valence-corrected chi connectivity index (χ2v) is 4.00. The average molecular weight is 235 g/mol. The van der Waals surface area contributed by atoms with Gasteiger partial charge in [-0.1, -0.05) is 13.3 Å². The van der Waals surface area contributed by atoms with E-state index in [-0.39, 0.29) is 11.9 Å². The third kappa shape index (κ3) is 3.28. The molecule has 0 fully saturated rings. The number of aromatic nitrogens is 3. The third-order valence-electron chi connectivity index (χ3n) is 2.54. The summed E-state index contributed by atoms with van der Waals surface area (Å²) < 4.78 is 1.74. The lowest BCUT2D eigenvalue weighted by Crippen LogP contribution is -2.33. The Labute approximate surface area is 101 Å². The molecule has 1 aromatic heterocycles. The maximum Gasteiger partial charge on any atom is 0.237 e. The molecule has 1 rings (SSSR count). The van der Waals surface area contributed by atoms with E-state index in [4.69, 9.17) is 5.26 Å². The molecule has 6 heteroatoms. The summed E-state index contributed by atoms with van der Waals surface area (Å²) in [5.41, 5.74) is 0. The Morgan fingerprint density at radius 3 is 2.88 bits per heavy atom. The van der Waals surface area contributed by atoms with Crippen LogP contribution in [0.3, 0.4) is 0 Å². The zero-order chi connectivity index (χ0) is 12.8. The molecule has 0 spiro atoms. The fourth-order valence-corrected chi connectivity index (χ4v) is 1.61. The van der Waals surface area contributed by atoms with Crippen molar-refractivity contribution in [3.8, 4) is 6.07 Å². The van der Waals surface area contributed by atoms with Crippen molar-refractivity contribution in [2.75, 3.05) is 0 Å². The molecule has 0 bridgehead atoms. The summed E-state index contributed by atoms with van der Waals surface area (Å²) in [6.45, 7) is 3.77. The van der Waals surface area contributed by atoms with E-state index < -0.39 is 5.92 Å². The number of carbonyl (C=O) groups excluding carboxylic acids is 1. The Hall–Kier alpha value is -1.90. The van der Waals surface area contributed by atoms with Crippen LogP contribution in [-0.2, 0) is 11.8 Å². The SMILES string of the molecule is CCCC(C#N)C(=O)NC(C)c1nncn1C. The second-order valence-electron chi connectivity index (χ2n) is 4.00. The molecule has 0 aromatic carbocycles. The molecule has 0 radical (unpaired) electrons. The highest BCUT2D eigenvalue weighted by Gasteiger charge is 2.20. The van der Waals surface area contributed by atoms with Crippen molar-refractivity contribution >= 4 is 5.91 Å². The van der Waals surface area contributed by atoms with Gasteiger partial charge in [0.1, 0.15) is 12.2 Å². The summed E-state index contributed by atoms with van der Waals surface area (Å²) in [4.78, 5) is 11.8. The summed E-state index contributed by atoms with van der Waals surface area (Å²) in [6.07, 6.45) is 2.96. The molecule has 92 valence electrons. The van der Waals surface area contributed by atoms with Crippen LogP contribution in [0.4, 0.5) is 0 Å². The van der Waals surface area contributed by atoms with Gasteiger partial charge in [0, 0.05) is 7.05 Å². The van der Waals surface area contributed by atoms with Crippen molar-refractivity contribution in [3.63, 3.8) is 0 Å². The molecule has 1 heterocycles. The van der Waals surface area contributed by atoms with E-state index >= 15 is 0 Å². The van der Waals surface area contributed by atoms with Gasteiger partial charge in [-0.3, -0.25) is 4.79 Å². The van der Waals surface area contributed by atoms with Crippen molar-refractivity contribution in [2.45, 2.75) is 32.7 Å². The number of carbonyl (C=O) groups is 1. The smallest absolute Gasteiger partial charge is 0.237 e. The first-order chi connectivity index (χ1) is 8.10. The van der Waals surface area contributed by atoms with Crippen molar-refractivity contribution < 1.29 is 4.79 Å². The van der Waals surface area contributed by atoms with Crippen molar-refractivity contribution in [1.82, 2.24) is 20.1 Å². The van der Waals surface area contributed by atoms with Gasteiger partial charge in [-0.15, -0.1) is 10.2 Å². The number of nitriles is 1. The van der Waals surface area contributed by atoms with Crippen LogP contribution in [-0.4, -0.2) is 20.7 Å². The largest absolute Gasteiger partial charge is 0.345 e. The van der Waals surface area contributed by atoms with Crippen LogP contribution in [0.1, 0.15) is 38.6 Å². The van der Waals surface area contributed by atoms with Gasteiger partial charge in [0.2, 0.25) is 5.91 Å². The minimum Gasteiger partial charge on any atom is -0.345 e. The van der Waals surface area contributed by atoms with Crippen LogP contribution in [0.15, 0.2) is 6.33 Å². The first kappa shape index (κ1) is 13.2. The number of hydrogen-bond acceptors (Lipinski definition) is 4. The van der Waals surface area contributed by atoms with Gasteiger partial charge in [-0.25, -0.2) is 0 Å². The fraction of sp³-hybridized carbons (Fsp3) is 0.636. The monoisotopic (exact) mass is 235 g/mol. The molecule has 0 aliphatic carbocycles. The highest BCUT2D eigenvalue weighted by molar-refractivity contribution is 5.81. The zero-order valence-electron chi connectivity index (χ0n) is 10.3. The van der Waals surface area contributed by atoms with Crippen LogP contribution >= 0.6 is 0 Å². The van der Waals surface area contributed by atoms with Gasteiger partial charge in [-0.05, 0) is 13.3 Å². The van der Waals surface area contributed by atoms with Crippen LogP contribution in [0.2, 0.25) is 0 Å². The Morgan fingerprint density at radius 2 is 2.41 bits per heavy atom. The Bertz CT molecular complexity index is 420. The van der Waals surface area contributed by atoms with Crippen LogP contribution in [0.5, 0.6) is 0 Å². The summed E-state index contributed by atoms with van der Waals surface area (Å²) >= 11 is 0. The number of amides is 1. The lowest BCUT2D eigenvalue weighted by Gasteiger charge is -2.15. The van der Waals surface area contributed by atoms with E-state index in [1.165, 1.54) is 0 Å². The van der Waals surface area contributed by atoms with E-state index in [0.717, 1.165) is 6.42 Å². The van der Waals surface area contributed by atoms with E-state index in [2.05, 4.69) is 15.5 Å². The lowest BCUT2D eigenvalue weighted by atomic mass is 10.0. The molecule has 0 aliphatic heterocycles. The van der Waals surface area contributed by atoms with Gasteiger partial charge in [-0.2, -0.15) is 5.26 Å². The molecule has 0 saturated heterocycles. The topological polar surface area (TPSA) is 83.6 Å². The normalized spacial score (nSPS) is 13.8. The Kier molecular flexibility index (Phi) is 4.64. The highest BCUT2D eigenvalue weighted by atomic mass is 16.1. The van der Waals surface area contributed by atoms with E-state index in [9.17, 15) is 4.79 Å². The molecule has 0 aliphatic rings. The van der Waals surface area contributed by atoms with Gasteiger partial charge in [0.25, 0.3) is 0 Å². The van der Waals surface area contributed by atoms with Gasteiger partial charge >= 0.3 is 0 Å². The first-order valence-corrected chi connectivity index (χ1v) is 5.64. The molecule has 17 heavy (non-hydrogen) atoms. The molecule has 1 amide bonds. The summed E-state index contributed by atoms with van der Waals surface area (Å²) in [7, 11) is 1.81. The fourth-order valence-electron chi connectivity index (χ4n) is 1.61. The maximum atomic E-state index is 11.8. The Morgan fingerprint density at radius 1 is 1.71 bits per heavy atom. The molecule has 2 atom stereocenters. The van der Waals surface area contributed by atoms with Gasteiger partial charge in [0.15, 0.2) is 5.82 Å². The predicted octanol–water partition coefficient (Wildman–Crippen LogP) is 0.932. The number of nitrogens with zero attached hydrogens (tertiary/aromatic N) is 4. The van der Waals surface area contributed by atoms with Gasteiger partial charge in [0.05, 0.1) is 12.1 Å². The maximum absolute atomic E-state index is 11.8. The van der Waals surface area contributed by atoms with E-state index in [0.29, 0.717) is 12.2 Å². The quantitative estimate of drug-likeness (QED) is 0.823. The van der Waals surface area contributed by atoms with Crippen LogP contribution in [0.25, 0.3) is 0 Å². The summed E-state index contributed by atoms with van der Waals surface area (Å²) in [5, 5.41) is 19.3. The average Bonchev–Trinajstić information content (AvgIpc) is 2.72. The molecule has 1 aromatic rings.